The van der Waals surface area contributed by atoms with Gasteiger partial charge >= 0.3 is 0 Å². The largest absolute Gasteiger partial charge is 0.377 e. The van der Waals surface area contributed by atoms with Crippen molar-refractivity contribution in [1.82, 2.24) is 5.32 Å². The Morgan fingerprint density at radius 3 is 2.67 bits per heavy atom. The molecular formula is C17H25ClFNO. The van der Waals surface area contributed by atoms with Crippen LogP contribution in [0, 0.1) is 5.82 Å². The minimum absolute atomic E-state index is 0.120. The molecule has 1 fully saturated rings. The van der Waals surface area contributed by atoms with Crippen molar-refractivity contribution in [1.29, 1.82) is 0 Å². The smallest absolute Gasteiger partial charge is 0.142 e. The van der Waals surface area contributed by atoms with E-state index in [2.05, 4.69) is 12.2 Å². The van der Waals surface area contributed by atoms with Gasteiger partial charge in [0.2, 0.25) is 0 Å². The third-order valence-electron chi connectivity index (χ3n) is 4.56. The first kappa shape index (κ1) is 16.7. The number of methoxy groups -OCH3 is 1. The monoisotopic (exact) mass is 313 g/mol. The molecular weight excluding hydrogens is 289 g/mol. The highest BCUT2D eigenvalue weighted by atomic mass is 35.5. The van der Waals surface area contributed by atoms with Crippen LogP contribution in [0.3, 0.4) is 0 Å². The summed E-state index contributed by atoms with van der Waals surface area (Å²) >= 11 is 5.77. The lowest BCUT2D eigenvalue weighted by atomic mass is 9.87. The molecule has 1 aliphatic carbocycles. The predicted molar refractivity (Wildman–Crippen MR) is 85.4 cm³/mol. The van der Waals surface area contributed by atoms with Gasteiger partial charge in [-0.2, -0.15) is 0 Å². The average Bonchev–Trinajstić information content (AvgIpc) is 2.97. The van der Waals surface area contributed by atoms with Crippen LogP contribution >= 0.6 is 11.6 Å². The zero-order valence-corrected chi connectivity index (χ0v) is 13.7. The molecule has 0 aliphatic heterocycles. The fraction of sp³-hybridized carbons (Fsp3) is 0.647. The minimum Gasteiger partial charge on any atom is -0.377 e. The third-order valence-corrected chi connectivity index (χ3v) is 4.86. The van der Waals surface area contributed by atoms with Gasteiger partial charge in [0.25, 0.3) is 0 Å². The lowest BCUT2D eigenvalue weighted by molar-refractivity contribution is -0.0354. The molecule has 21 heavy (non-hydrogen) atoms. The SMILES string of the molecule is CCCNC(Cc1ccc(Cl)c(F)c1)C1(OC)CCCC1. The minimum atomic E-state index is -0.346. The quantitative estimate of drug-likeness (QED) is 0.808. The molecule has 1 aromatic carbocycles. The Bertz CT molecular complexity index is 460. The van der Waals surface area contributed by atoms with Gasteiger partial charge in [-0.3, -0.25) is 0 Å². The zero-order valence-electron chi connectivity index (χ0n) is 12.9. The summed E-state index contributed by atoms with van der Waals surface area (Å²) in [5.41, 5.74) is 0.847. The standard InChI is InChI=1S/C17H25ClFNO/c1-3-10-20-16(17(21-2)8-4-5-9-17)12-13-6-7-14(18)15(19)11-13/h6-7,11,16,20H,3-5,8-10,12H2,1-2H3. The fourth-order valence-corrected chi connectivity index (χ4v) is 3.45. The van der Waals surface area contributed by atoms with E-state index in [0.29, 0.717) is 0 Å². The van der Waals surface area contributed by atoms with E-state index in [4.69, 9.17) is 16.3 Å². The Labute approximate surface area is 132 Å². The number of ether oxygens (including phenoxy) is 1. The maximum atomic E-state index is 13.7. The van der Waals surface area contributed by atoms with Gasteiger partial charge in [0, 0.05) is 13.2 Å². The highest BCUT2D eigenvalue weighted by molar-refractivity contribution is 6.30. The van der Waals surface area contributed by atoms with Crippen molar-refractivity contribution in [2.24, 2.45) is 0 Å². The molecule has 2 nitrogen and oxygen atoms in total. The first-order valence-corrected chi connectivity index (χ1v) is 8.21. The number of rotatable bonds is 7. The molecule has 1 aliphatic rings. The molecule has 0 amide bonds. The molecule has 0 spiro atoms. The predicted octanol–water partition coefficient (Wildman–Crippen LogP) is 4.35. The van der Waals surface area contributed by atoms with Crippen molar-refractivity contribution in [3.63, 3.8) is 0 Å². The van der Waals surface area contributed by atoms with Crippen molar-refractivity contribution in [2.75, 3.05) is 13.7 Å². The summed E-state index contributed by atoms with van der Waals surface area (Å²) in [5, 5.41) is 3.78. The van der Waals surface area contributed by atoms with Gasteiger partial charge in [0.15, 0.2) is 0 Å². The van der Waals surface area contributed by atoms with Gasteiger partial charge in [-0.25, -0.2) is 4.39 Å². The van der Waals surface area contributed by atoms with Crippen molar-refractivity contribution < 1.29 is 9.13 Å². The molecule has 0 aromatic heterocycles. The summed E-state index contributed by atoms with van der Waals surface area (Å²) < 4.78 is 19.6. The number of hydrogen-bond donors (Lipinski definition) is 1. The molecule has 1 aromatic rings. The maximum Gasteiger partial charge on any atom is 0.142 e. The molecule has 1 atom stereocenters. The van der Waals surface area contributed by atoms with Crippen LogP contribution < -0.4 is 5.32 Å². The molecule has 0 saturated heterocycles. The Morgan fingerprint density at radius 1 is 1.38 bits per heavy atom. The highest BCUT2D eigenvalue weighted by Gasteiger charge is 2.41. The van der Waals surface area contributed by atoms with E-state index in [-0.39, 0.29) is 22.5 Å². The van der Waals surface area contributed by atoms with Crippen LogP contribution in [-0.2, 0) is 11.2 Å². The number of benzene rings is 1. The number of nitrogens with one attached hydrogen (secondary N) is 1. The lowest BCUT2D eigenvalue weighted by Gasteiger charge is -2.37. The lowest BCUT2D eigenvalue weighted by Crippen LogP contribution is -2.52. The second-order valence-electron chi connectivity index (χ2n) is 5.94. The molecule has 0 heterocycles. The summed E-state index contributed by atoms with van der Waals surface area (Å²) in [6.45, 7) is 3.10. The normalized spacial score (nSPS) is 18.9. The van der Waals surface area contributed by atoms with Crippen molar-refractivity contribution >= 4 is 11.6 Å². The molecule has 118 valence electrons. The van der Waals surface area contributed by atoms with Crippen molar-refractivity contribution in [2.45, 2.75) is 57.1 Å². The van der Waals surface area contributed by atoms with Crippen LogP contribution in [0.1, 0.15) is 44.6 Å². The van der Waals surface area contributed by atoms with Crippen LogP contribution in [0.4, 0.5) is 4.39 Å². The van der Waals surface area contributed by atoms with Crippen LogP contribution in [-0.4, -0.2) is 25.3 Å². The van der Waals surface area contributed by atoms with E-state index >= 15 is 0 Å². The van der Waals surface area contributed by atoms with Gasteiger partial charge in [-0.05, 0) is 49.9 Å². The second-order valence-corrected chi connectivity index (χ2v) is 6.34. The Morgan fingerprint density at radius 2 is 2.10 bits per heavy atom. The number of halogens is 2. The Balaban J connectivity index is 2.17. The number of hydrogen-bond acceptors (Lipinski definition) is 2. The molecule has 1 unspecified atom stereocenters. The van der Waals surface area contributed by atoms with E-state index in [1.807, 2.05) is 6.07 Å². The second kappa shape index (κ2) is 7.57. The summed E-state index contributed by atoms with van der Waals surface area (Å²) in [6.07, 6.45) is 6.38. The van der Waals surface area contributed by atoms with E-state index in [1.54, 1.807) is 19.2 Å². The van der Waals surface area contributed by atoms with Gasteiger partial charge in [0.1, 0.15) is 5.82 Å². The van der Waals surface area contributed by atoms with Crippen molar-refractivity contribution in [3.8, 4) is 0 Å². The third kappa shape index (κ3) is 3.97. The van der Waals surface area contributed by atoms with E-state index in [1.165, 1.54) is 12.8 Å². The van der Waals surface area contributed by atoms with E-state index in [0.717, 1.165) is 37.8 Å². The van der Waals surface area contributed by atoms with Crippen molar-refractivity contribution in [3.05, 3.63) is 34.6 Å². The molecule has 0 radical (unpaired) electrons. The molecule has 4 heteroatoms. The molecule has 1 N–H and O–H groups in total. The topological polar surface area (TPSA) is 21.3 Å². The summed E-state index contributed by atoms with van der Waals surface area (Å²) in [7, 11) is 1.80. The van der Waals surface area contributed by atoms with Gasteiger partial charge < -0.3 is 10.1 Å². The van der Waals surface area contributed by atoms with Gasteiger partial charge in [-0.15, -0.1) is 0 Å². The van der Waals surface area contributed by atoms with Crippen LogP contribution in [0.5, 0.6) is 0 Å². The van der Waals surface area contributed by atoms with Gasteiger partial charge in [-0.1, -0.05) is 37.4 Å². The maximum absolute atomic E-state index is 13.7. The summed E-state index contributed by atoms with van der Waals surface area (Å²) in [4.78, 5) is 0. The first-order valence-electron chi connectivity index (χ1n) is 7.84. The zero-order chi connectivity index (χ0) is 15.3. The van der Waals surface area contributed by atoms with E-state index < -0.39 is 0 Å². The Hall–Kier alpha value is -0.640. The first-order chi connectivity index (χ1) is 10.1. The van der Waals surface area contributed by atoms with Crippen LogP contribution in [0.2, 0.25) is 5.02 Å². The molecule has 0 bridgehead atoms. The Kier molecular flexibility index (Phi) is 6.03. The summed E-state index contributed by atoms with van der Waals surface area (Å²) in [6, 6.07) is 5.30. The average molecular weight is 314 g/mol. The van der Waals surface area contributed by atoms with Crippen LogP contribution in [0.15, 0.2) is 18.2 Å². The molecule has 2 rings (SSSR count). The van der Waals surface area contributed by atoms with E-state index in [9.17, 15) is 4.39 Å². The summed E-state index contributed by atoms with van der Waals surface area (Å²) in [5.74, 6) is -0.346. The fourth-order valence-electron chi connectivity index (χ4n) is 3.33. The van der Waals surface area contributed by atoms with Gasteiger partial charge in [0.05, 0.1) is 10.6 Å². The molecule has 1 saturated carbocycles. The highest BCUT2D eigenvalue weighted by Crippen LogP contribution is 2.37. The van der Waals surface area contributed by atoms with Crippen LogP contribution in [0.25, 0.3) is 0 Å².